The number of imidazole rings is 1. The third kappa shape index (κ3) is 3.24. The summed E-state index contributed by atoms with van der Waals surface area (Å²) in [5.74, 6) is 0.178. The maximum Gasteiger partial charge on any atom is 0.272 e. The molecule has 0 saturated heterocycles. The number of hydrogen-bond acceptors (Lipinski definition) is 3. The van der Waals surface area contributed by atoms with Gasteiger partial charge in [0.1, 0.15) is 5.69 Å². The van der Waals surface area contributed by atoms with E-state index in [0.29, 0.717) is 17.3 Å². The van der Waals surface area contributed by atoms with Crippen LogP contribution in [-0.2, 0) is 0 Å². The van der Waals surface area contributed by atoms with Gasteiger partial charge in [0.25, 0.3) is 5.91 Å². The molecule has 0 fully saturated rings. The van der Waals surface area contributed by atoms with Gasteiger partial charge in [-0.3, -0.25) is 4.79 Å². The van der Waals surface area contributed by atoms with Crippen LogP contribution in [-0.4, -0.2) is 20.9 Å². The fraction of sp³-hybridized carbons (Fsp3) is 0. The van der Waals surface area contributed by atoms with E-state index < -0.39 is 0 Å². The predicted molar refractivity (Wildman–Crippen MR) is 84.4 cm³/mol. The van der Waals surface area contributed by atoms with Crippen LogP contribution in [0.1, 0.15) is 10.5 Å². The Hall–Kier alpha value is -2.73. The highest BCUT2D eigenvalue weighted by Crippen LogP contribution is 2.21. The zero-order valence-corrected chi connectivity index (χ0v) is 11.8. The zero-order chi connectivity index (χ0) is 13.9. The van der Waals surface area contributed by atoms with E-state index in [1.807, 2.05) is 24.3 Å². The lowest BCUT2D eigenvalue weighted by Crippen LogP contribution is -2.12. The quantitative estimate of drug-likeness (QED) is 0.598. The van der Waals surface area contributed by atoms with Gasteiger partial charge in [-0.15, -0.1) is 12.4 Å². The molecule has 0 aliphatic carbocycles. The Balaban J connectivity index is 0.00000161. The van der Waals surface area contributed by atoms with E-state index in [1.165, 1.54) is 0 Å². The van der Waals surface area contributed by atoms with E-state index in [-0.39, 0.29) is 18.3 Å². The Morgan fingerprint density at radius 3 is 2.76 bits per heavy atom. The number of halogens is 1. The second kappa shape index (κ2) is 6.15. The summed E-state index contributed by atoms with van der Waals surface area (Å²) in [4.78, 5) is 21.7. The normalized spacial score (nSPS) is 9.90. The summed E-state index contributed by atoms with van der Waals surface area (Å²) in [6, 6.07) is 10.9. The van der Waals surface area contributed by atoms with E-state index in [0.717, 1.165) is 11.3 Å². The lowest BCUT2D eigenvalue weighted by molar-refractivity contribution is 0.102. The van der Waals surface area contributed by atoms with Gasteiger partial charge in [0.15, 0.2) is 5.95 Å². The smallest absolute Gasteiger partial charge is 0.272 e. The maximum atomic E-state index is 11.9. The molecule has 0 radical (unpaired) electrons. The van der Waals surface area contributed by atoms with Crippen molar-refractivity contribution in [2.24, 2.45) is 0 Å². The first kappa shape index (κ1) is 14.7. The molecule has 2 aromatic heterocycles. The lowest BCUT2D eigenvalue weighted by Gasteiger charge is -2.05. The molecule has 0 saturated carbocycles. The van der Waals surface area contributed by atoms with Gasteiger partial charge >= 0.3 is 0 Å². The van der Waals surface area contributed by atoms with Crippen LogP contribution in [0.3, 0.4) is 0 Å². The van der Waals surface area contributed by atoms with E-state index in [1.54, 1.807) is 24.5 Å². The largest absolute Gasteiger partial charge is 0.369 e. The van der Waals surface area contributed by atoms with Crippen LogP contribution in [0.25, 0.3) is 11.3 Å². The number of carbonyl (C=O) groups excluding carboxylic acids is 1. The molecule has 5 N–H and O–H groups in total. The van der Waals surface area contributed by atoms with Crippen LogP contribution in [0.15, 0.2) is 48.8 Å². The molecule has 108 valence electrons. The number of hydrogen-bond donors (Lipinski definition) is 4. The highest BCUT2D eigenvalue weighted by Gasteiger charge is 2.07. The average Bonchev–Trinajstić information content (AvgIpc) is 3.10. The summed E-state index contributed by atoms with van der Waals surface area (Å²) in [6.07, 6.45) is 3.36. The Morgan fingerprint density at radius 2 is 2.10 bits per heavy atom. The number of amides is 1. The minimum atomic E-state index is -0.184. The predicted octanol–water partition coefficient (Wildman–Crippen LogP) is 2.66. The molecule has 0 atom stereocenters. The number of nitrogens with one attached hydrogen (secondary N) is 3. The van der Waals surface area contributed by atoms with Gasteiger partial charge in [0.2, 0.25) is 0 Å². The van der Waals surface area contributed by atoms with Crippen molar-refractivity contribution in [3.8, 4) is 11.3 Å². The lowest BCUT2D eigenvalue weighted by atomic mass is 10.1. The zero-order valence-electron chi connectivity index (χ0n) is 11.0. The highest BCUT2D eigenvalue weighted by atomic mass is 35.5. The Bertz CT molecular complexity index is 735. The van der Waals surface area contributed by atoms with Crippen molar-refractivity contribution in [3.63, 3.8) is 0 Å². The third-order valence-electron chi connectivity index (χ3n) is 2.87. The molecule has 7 heteroatoms. The number of nitrogens with zero attached hydrogens (tertiary/aromatic N) is 1. The summed E-state index contributed by atoms with van der Waals surface area (Å²) >= 11 is 0. The number of benzene rings is 1. The van der Waals surface area contributed by atoms with E-state index in [4.69, 9.17) is 5.73 Å². The van der Waals surface area contributed by atoms with Crippen molar-refractivity contribution in [1.82, 2.24) is 15.0 Å². The van der Waals surface area contributed by atoms with Crippen molar-refractivity contribution < 1.29 is 4.79 Å². The molecule has 2 heterocycles. The first-order valence-electron chi connectivity index (χ1n) is 6.08. The van der Waals surface area contributed by atoms with Crippen LogP contribution >= 0.6 is 12.4 Å². The fourth-order valence-corrected chi connectivity index (χ4v) is 1.92. The van der Waals surface area contributed by atoms with Crippen LogP contribution < -0.4 is 11.1 Å². The summed E-state index contributed by atoms with van der Waals surface area (Å²) in [6.45, 7) is 0. The Kier molecular flexibility index (Phi) is 4.30. The van der Waals surface area contributed by atoms with Gasteiger partial charge in [0, 0.05) is 17.4 Å². The second-order valence-electron chi connectivity index (χ2n) is 4.30. The van der Waals surface area contributed by atoms with Gasteiger partial charge in [-0.2, -0.15) is 0 Å². The van der Waals surface area contributed by atoms with Gasteiger partial charge in [-0.1, -0.05) is 12.1 Å². The number of rotatable bonds is 3. The summed E-state index contributed by atoms with van der Waals surface area (Å²) in [5.41, 5.74) is 8.48. The summed E-state index contributed by atoms with van der Waals surface area (Å²) in [5, 5.41) is 2.83. The van der Waals surface area contributed by atoms with Gasteiger partial charge in [-0.05, 0) is 24.3 Å². The minimum Gasteiger partial charge on any atom is -0.369 e. The molecule has 3 aromatic rings. The first-order valence-corrected chi connectivity index (χ1v) is 6.08. The number of nitrogens with two attached hydrogens (primary N) is 1. The monoisotopic (exact) mass is 303 g/mol. The van der Waals surface area contributed by atoms with Crippen molar-refractivity contribution >= 4 is 29.9 Å². The number of H-pyrrole nitrogens is 2. The number of anilines is 2. The summed E-state index contributed by atoms with van der Waals surface area (Å²) in [7, 11) is 0. The first-order chi connectivity index (χ1) is 9.72. The number of carbonyl (C=O) groups is 1. The molecular weight excluding hydrogens is 290 g/mol. The fourth-order valence-electron chi connectivity index (χ4n) is 1.92. The molecule has 0 bridgehead atoms. The van der Waals surface area contributed by atoms with Gasteiger partial charge < -0.3 is 21.0 Å². The van der Waals surface area contributed by atoms with Crippen LogP contribution in [0.4, 0.5) is 11.6 Å². The average molecular weight is 304 g/mol. The number of nitrogen functional groups attached to an aromatic ring is 1. The molecule has 21 heavy (non-hydrogen) atoms. The highest BCUT2D eigenvalue weighted by molar-refractivity contribution is 6.03. The van der Waals surface area contributed by atoms with Crippen LogP contribution in [0, 0.1) is 0 Å². The maximum absolute atomic E-state index is 11.9. The Labute approximate surface area is 127 Å². The van der Waals surface area contributed by atoms with Crippen LogP contribution in [0.2, 0.25) is 0 Å². The molecule has 0 aliphatic heterocycles. The van der Waals surface area contributed by atoms with Gasteiger partial charge in [0.05, 0.1) is 11.9 Å². The van der Waals surface area contributed by atoms with Crippen molar-refractivity contribution in [1.29, 1.82) is 0 Å². The van der Waals surface area contributed by atoms with Gasteiger partial charge in [-0.25, -0.2) is 4.98 Å². The van der Waals surface area contributed by atoms with E-state index in [9.17, 15) is 4.79 Å². The molecular formula is C14H14ClN5O. The topological polar surface area (TPSA) is 99.6 Å². The molecule has 1 aromatic carbocycles. The van der Waals surface area contributed by atoms with E-state index >= 15 is 0 Å². The van der Waals surface area contributed by atoms with Crippen LogP contribution in [0.5, 0.6) is 0 Å². The van der Waals surface area contributed by atoms with Crippen molar-refractivity contribution in [2.45, 2.75) is 0 Å². The van der Waals surface area contributed by atoms with Crippen molar-refractivity contribution in [2.75, 3.05) is 11.1 Å². The summed E-state index contributed by atoms with van der Waals surface area (Å²) < 4.78 is 0. The number of aromatic nitrogens is 3. The molecule has 0 spiro atoms. The SMILES string of the molecule is Cl.Nc1ncc(-c2cccc(NC(=O)c3ccc[nH]3)c2)[nH]1. The third-order valence-corrected chi connectivity index (χ3v) is 2.87. The molecule has 0 aliphatic rings. The van der Waals surface area contributed by atoms with E-state index in [2.05, 4.69) is 20.3 Å². The molecule has 0 unspecified atom stereocenters. The number of aromatic amines is 2. The van der Waals surface area contributed by atoms with Crippen molar-refractivity contribution in [3.05, 3.63) is 54.5 Å². The standard InChI is InChI=1S/C14H13N5O.ClH/c15-14-17-8-12(19-14)9-3-1-4-10(7-9)18-13(20)11-5-2-6-16-11;/h1-8,16H,(H,18,20)(H3,15,17,19);1H. The molecule has 3 rings (SSSR count). The minimum absolute atomic E-state index is 0. The second-order valence-corrected chi connectivity index (χ2v) is 4.30. The molecule has 6 nitrogen and oxygen atoms in total. The Morgan fingerprint density at radius 1 is 1.24 bits per heavy atom. The molecule has 1 amide bonds.